The molecule has 1 atom stereocenters. The Hall–Kier alpha value is -1.12. The number of benzene rings is 1. The van der Waals surface area contributed by atoms with Crippen LogP contribution in [-0.2, 0) is 10.0 Å². The molecule has 0 aliphatic rings. The number of halogens is 1. The number of thioether (sulfide) groups is 1. The lowest BCUT2D eigenvalue weighted by molar-refractivity contribution is 0.0696. The lowest BCUT2D eigenvalue weighted by Crippen LogP contribution is -2.34. The molecule has 0 aliphatic heterocycles. The monoisotopic (exact) mass is 321 g/mol. The predicted molar refractivity (Wildman–Crippen MR) is 76.3 cm³/mol. The maximum absolute atomic E-state index is 13.7. The van der Waals surface area contributed by atoms with Crippen molar-refractivity contribution in [3.05, 3.63) is 29.1 Å². The molecule has 0 bridgehead atoms. The molecule has 5 nitrogen and oxygen atoms in total. The molecule has 0 amide bonds. The van der Waals surface area contributed by atoms with Crippen molar-refractivity contribution in [3.63, 3.8) is 0 Å². The van der Waals surface area contributed by atoms with Gasteiger partial charge < -0.3 is 5.11 Å². The van der Waals surface area contributed by atoms with Crippen LogP contribution in [0.3, 0.4) is 0 Å². The Balaban J connectivity index is 3.27. The van der Waals surface area contributed by atoms with Crippen LogP contribution in [-0.4, -0.2) is 37.5 Å². The molecule has 0 radical (unpaired) electrons. The average Bonchev–Trinajstić information content (AvgIpc) is 2.31. The number of carbonyl (C=O) groups is 1. The maximum atomic E-state index is 13.7. The minimum atomic E-state index is -3.96. The molecule has 8 heteroatoms. The van der Waals surface area contributed by atoms with Crippen molar-refractivity contribution in [3.8, 4) is 0 Å². The highest BCUT2D eigenvalue weighted by Crippen LogP contribution is 2.21. The van der Waals surface area contributed by atoms with Crippen LogP contribution in [0.25, 0.3) is 0 Å². The summed E-state index contributed by atoms with van der Waals surface area (Å²) >= 11 is 1.47. The summed E-state index contributed by atoms with van der Waals surface area (Å²) in [6.07, 6.45) is 1.83. The van der Waals surface area contributed by atoms with Crippen LogP contribution in [0, 0.1) is 12.7 Å². The van der Waals surface area contributed by atoms with Crippen LogP contribution in [0.2, 0.25) is 0 Å². The first-order valence-corrected chi connectivity index (χ1v) is 8.61. The average molecular weight is 321 g/mol. The summed E-state index contributed by atoms with van der Waals surface area (Å²) in [6.45, 7) is 2.98. The van der Waals surface area contributed by atoms with E-state index in [1.54, 1.807) is 6.92 Å². The largest absolute Gasteiger partial charge is 0.478 e. The number of hydrogen-bond donors (Lipinski definition) is 2. The Morgan fingerprint density at radius 1 is 1.50 bits per heavy atom. The molecule has 0 aliphatic carbocycles. The Labute approximate surface area is 121 Å². The van der Waals surface area contributed by atoms with Gasteiger partial charge in [0.2, 0.25) is 10.0 Å². The fourth-order valence-electron chi connectivity index (χ4n) is 1.67. The zero-order chi connectivity index (χ0) is 15.5. The first-order valence-electron chi connectivity index (χ1n) is 5.73. The highest BCUT2D eigenvalue weighted by Gasteiger charge is 2.23. The van der Waals surface area contributed by atoms with E-state index < -0.39 is 27.4 Å². The number of nitrogens with one attached hydrogen (secondary N) is 1. The van der Waals surface area contributed by atoms with E-state index in [1.165, 1.54) is 18.7 Å². The van der Waals surface area contributed by atoms with E-state index in [2.05, 4.69) is 4.72 Å². The summed E-state index contributed by atoms with van der Waals surface area (Å²) in [5.41, 5.74) is -0.496. The van der Waals surface area contributed by atoms with E-state index in [-0.39, 0.29) is 16.5 Å². The van der Waals surface area contributed by atoms with Gasteiger partial charge in [-0.1, -0.05) is 0 Å². The molecule has 1 aromatic rings. The van der Waals surface area contributed by atoms with Crippen molar-refractivity contribution in [1.29, 1.82) is 0 Å². The first kappa shape index (κ1) is 16.9. The zero-order valence-electron chi connectivity index (χ0n) is 11.3. The number of hydrogen-bond acceptors (Lipinski definition) is 4. The van der Waals surface area contributed by atoms with Crippen molar-refractivity contribution in [1.82, 2.24) is 4.72 Å². The van der Waals surface area contributed by atoms with E-state index in [9.17, 15) is 17.6 Å². The third kappa shape index (κ3) is 3.94. The number of rotatable bonds is 6. The van der Waals surface area contributed by atoms with Crippen molar-refractivity contribution in [2.24, 2.45) is 0 Å². The topological polar surface area (TPSA) is 83.5 Å². The third-order valence-electron chi connectivity index (χ3n) is 2.61. The summed E-state index contributed by atoms with van der Waals surface area (Å²) in [5, 5.41) is 8.87. The molecule has 0 spiro atoms. The van der Waals surface area contributed by atoms with E-state index >= 15 is 0 Å². The third-order valence-corrected chi connectivity index (χ3v) is 5.16. The van der Waals surface area contributed by atoms with E-state index in [0.29, 0.717) is 5.75 Å². The standard InChI is InChI=1S/C12H16FNO4S2/c1-7(6-19-3)14-20(17,18)11-5-9(12(15)16)4-10(13)8(11)2/h4-5,7,14H,6H2,1-3H3,(H,15,16). The molecule has 0 fully saturated rings. The van der Waals surface area contributed by atoms with Gasteiger partial charge in [0, 0.05) is 17.4 Å². The van der Waals surface area contributed by atoms with Crippen LogP contribution >= 0.6 is 11.8 Å². The van der Waals surface area contributed by atoms with E-state index in [0.717, 1.165) is 12.1 Å². The second kappa shape index (κ2) is 6.55. The quantitative estimate of drug-likeness (QED) is 0.835. The van der Waals surface area contributed by atoms with Gasteiger partial charge in [0.25, 0.3) is 0 Å². The molecule has 1 aromatic carbocycles. The number of aromatic carboxylic acids is 1. The Morgan fingerprint density at radius 2 is 2.10 bits per heavy atom. The first-order chi connectivity index (χ1) is 9.19. The lowest BCUT2D eigenvalue weighted by Gasteiger charge is -2.15. The van der Waals surface area contributed by atoms with Crippen molar-refractivity contribution in [2.75, 3.05) is 12.0 Å². The highest BCUT2D eigenvalue weighted by atomic mass is 32.2. The van der Waals surface area contributed by atoms with Crippen molar-refractivity contribution < 1.29 is 22.7 Å². The number of sulfonamides is 1. The molecule has 0 saturated heterocycles. The lowest BCUT2D eigenvalue weighted by atomic mass is 10.1. The highest BCUT2D eigenvalue weighted by molar-refractivity contribution is 7.98. The Morgan fingerprint density at radius 3 is 2.60 bits per heavy atom. The predicted octanol–water partition coefficient (Wildman–Crippen LogP) is 1.86. The van der Waals surface area contributed by atoms with Gasteiger partial charge in [-0.25, -0.2) is 22.3 Å². The van der Waals surface area contributed by atoms with Gasteiger partial charge in [0.05, 0.1) is 10.5 Å². The number of carboxylic acids is 1. The Bertz CT molecular complexity index is 616. The Kier molecular flexibility index (Phi) is 5.55. The molecule has 112 valence electrons. The van der Waals surface area contributed by atoms with Crippen LogP contribution < -0.4 is 4.72 Å². The molecule has 0 heterocycles. The maximum Gasteiger partial charge on any atom is 0.335 e. The van der Waals surface area contributed by atoms with Gasteiger partial charge in [0.1, 0.15) is 5.82 Å². The van der Waals surface area contributed by atoms with Gasteiger partial charge in [-0.3, -0.25) is 0 Å². The molecule has 1 rings (SSSR count). The van der Waals surface area contributed by atoms with Crippen molar-refractivity contribution >= 4 is 27.8 Å². The van der Waals surface area contributed by atoms with Crippen LogP contribution in [0.1, 0.15) is 22.8 Å². The SMILES string of the molecule is CSCC(C)NS(=O)(=O)c1cc(C(=O)O)cc(F)c1C. The molecule has 2 N–H and O–H groups in total. The van der Waals surface area contributed by atoms with Gasteiger partial charge in [-0.15, -0.1) is 0 Å². The smallest absolute Gasteiger partial charge is 0.335 e. The zero-order valence-corrected chi connectivity index (χ0v) is 12.9. The van der Waals surface area contributed by atoms with Crippen LogP contribution in [0.4, 0.5) is 4.39 Å². The van der Waals surface area contributed by atoms with E-state index in [1.807, 2.05) is 6.26 Å². The summed E-state index contributed by atoms with van der Waals surface area (Å²) in [6, 6.07) is 1.43. The summed E-state index contributed by atoms with van der Waals surface area (Å²) in [4.78, 5) is 10.5. The molecule has 0 aromatic heterocycles. The fourth-order valence-corrected chi connectivity index (χ4v) is 3.88. The summed E-state index contributed by atoms with van der Waals surface area (Å²) in [5.74, 6) is -1.68. The summed E-state index contributed by atoms with van der Waals surface area (Å²) < 4.78 is 40.4. The molecule has 20 heavy (non-hydrogen) atoms. The van der Waals surface area contributed by atoms with Crippen molar-refractivity contribution in [2.45, 2.75) is 24.8 Å². The summed E-state index contributed by atoms with van der Waals surface area (Å²) in [7, 11) is -3.96. The minimum absolute atomic E-state index is 0.0983. The van der Waals surface area contributed by atoms with Crippen LogP contribution in [0.5, 0.6) is 0 Å². The molecule has 0 saturated carbocycles. The molecular formula is C12H16FNO4S2. The molecule has 1 unspecified atom stereocenters. The second-order valence-electron chi connectivity index (χ2n) is 4.36. The van der Waals surface area contributed by atoms with Gasteiger partial charge >= 0.3 is 5.97 Å². The minimum Gasteiger partial charge on any atom is -0.478 e. The van der Waals surface area contributed by atoms with Gasteiger partial charge in [-0.2, -0.15) is 11.8 Å². The second-order valence-corrected chi connectivity index (χ2v) is 6.96. The van der Waals surface area contributed by atoms with Gasteiger partial charge in [-0.05, 0) is 32.2 Å². The number of carboxylic acid groups (broad SMARTS) is 1. The normalized spacial score (nSPS) is 13.2. The fraction of sp³-hybridized carbons (Fsp3) is 0.417. The van der Waals surface area contributed by atoms with E-state index in [4.69, 9.17) is 5.11 Å². The molecular weight excluding hydrogens is 305 g/mol. The van der Waals surface area contributed by atoms with Gasteiger partial charge in [0.15, 0.2) is 0 Å². The van der Waals surface area contributed by atoms with Crippen LogP contribution in [0.15, 0.2) is 17.0 Å².